The van der Waals surface area contributed by atoms with Gasteiger partial charge < -0.3 is 14.9 Å². The number of carbonyl (C=O) groups is 1. The molecule has 0 spiro atoms. The summed E-state index contributed by atoms with van der Waals surface area (Å²) >= 11 is 17.5. The quantitative estimate of drug-likeness (QED) is 0.632. The van der Waals surface area contributed by atoms with Crippen LogP contribution in [0.1, 0.15) is 30.6 Å². The van der Waals surface area contributed by atoms with Crippen molar-refractivity contribution >= 4 is 52.1 Å². The molecule has 0 aromatic heterocycles. The highest BCUT2D eigenvalue weighted by Gasteiger charge is 2.27. The van der Waals surface area contributed by atoms with Crippen molar-refractivity contribution in [1.29, 1.82) is 0 Å². The van der Waals surface area contributed by atoms with Crippen LogP contribution in [0.4, 0.5) is 5.69 Å². The van der Waals surface area contributed by atoms with Gasteiger partial charge in [0.05, 0.1) is 22.9 Å². The van der Waals surface area contributed by atoms with E-state index >= 15 is 0 Å². The van der Waals surface area contributed by atoms with E-state index in [0.29, 0.717) is 35.2 Å². The Hall–Kier alpha value is -1.95. The topological polar surface area (TPSA) is 59.9 Å². The van der Waals surface area contributed by atoms with Gasteiger partial charge in [0.1, 0.15) is 5.75 Å². The monoisotopic (exact) mass is 426 g/mol. The third-order valence-corrected chi connectivity index (χ3v) is 4.67. The number of benzene rings is 2. The second kappa shape index (κ2) is 8.83. The average molecular weight is 428 g/mol. The number of nitrogens with zero attached hydrogens (tertiary/aromatic N) is 1. The molecule has 8 heteroatoms. The van der Waals surface area contributed by atoms with Crippen molar-refractivity contribution in [3.8, 4) is 5.75 Å². The van der Waals surface area contributed by atoms with Crippen LogP contribution in [0.3, 0.4) is 0 Å². The van der Waals surface area contributed by atoms with Crippen LogP contribution in [0, 0.1) is 0 Å². The number of nitrogens with one attached hydrogen (secondary N) is 1. The van der Waals surface area contributed by atoms with Gasteiger partial charge in [-0.2, -0.15) is 0 Å². The van der Waals surface area contributed by atoms with Crippen LogP contribution in [0.15, 0.2) is 47.6 Å². The van der Waals surface area contributed by atoms with E-state index in [9.17, 15) is 4.79 Å². The fourth-order valence-corrected chi connectivity index (χ4v) is 3.16. The molecule has 1 N–H and O–H groups in total. The summed E-state index contributed by atoms with van der Waals surface area (Å²) in [7, 11) is 0. The van der Waals surface area contributed by atoms with E-state index in [1.165, 1.54) is 0 Å². The summed E-state index contributed by atoms with van der Waals surface area (Å²) < 4.78 is 5.66. The van der Waals surface area contributed by atoms with E-state index in [0.717, 1.165) is 11.1 Å². The van der Waals surface area contributed by atoms with E-state index in [1.807, 2.05) is 31.2 Å². The van der Waals surface area contributed by atoms with Gasteiger partial charge >= 0.3 is 0 Å². The number of rotatable bonds is 6. The summed E-state index contributed by atoms with van der Waals surface area (Å²) in [6, 6.07) is 12.7. The molecule has 0 saturated carbocycles. The predicted octanol–water partition coefficient (Wildman–Crippen LogP) is 5.35. The first-order valence-electron chi connectivity index (χ1n) is 8.33. The first-order chi connectivity index (χ1) is 13.0. The van der Waals surface area contributed by atoms with Gasteiger partial charge in [-0.25, -0.2) is 0 Å². The average Bonchev–Trinajstić information content (AvgIpc) is 3.12. The van der Waals surface area contributed by atoms with Crippen LogP contribution >= 0.6 is 34.8 Å². The molecule has 1 heterocycles. The maximum atomic E-state index is 11.7. The summed E-state index contributed by atoms with van der Waals surface area (Å²) in [6.07, 6.45) is 0.222. The minimum Gasteiger partial charge on any atom is -0.493 e. The number of hydrogen-bond acceptors (Lipinski definition) is 4. The fourth-order valence-electron chi connectivity index (χ4n) is 2.78. The zero-order valence-electron chi connectivity index (χ0n) is 14.4. The highest BCUT2D eigenvalue weighted by atomic mass is 35.5. The molecule has 1 atom stereocenters. The summed E-state index contributed by atoms with van der Waals surface area (Å²) in [5.41, 5.74) is 2.89. The molecule has 0 saturated heterocycles. The van der Waals surface area contributed by atoms with Crippen molar-refractivity contribution < 1.29 is 14.4 Å². The normalized spacial score (nSPS) is 16.0. The van der Waals surface area contributed by atoms with Gasteiger partial charge in [-0.3, -0.25) is 4.79 Å². The van der Waals surface area contributed by atoms with E-state index in [2.05, 4.69) is 10.5 Å². The van der Waals surface area contributed by atoms with Crippen LogP contribution in [0.25, 0.3) is 0 Å². The molecule has 0 fully saturated rings. The molecule has 3 rings (SSSR count). The number of oxime groups is 1. The molecule has 0 aliphatic carbocycles. The highest BCUT2D eigenvalue weighted by molar-refractivity contribution is 6.54. The van der Waals surface area contributed by atoms with E-state index in [1.54, 1.807) is 18.2 Å². The number of amides is 1. The van der Waals surface area contributed by atoms with Crippen LogP contribution in [0.5, 0.6) is 5.75 Å². The lowest BCUT2D eigenvalue weighted by Crippen LogP contribution is -2.18. The maximum absolute atomic E-state index is 11.7. The zero-order chi connectivity index (χ0) is 19.4. The third kappa shape index (κ3) is 4.67. The first-order valence-corrected chi connectivity index (χ1v) is 9.58. The van der Waals surface area contributed by atoms with Crippen molar-refractivity contribution in [3.05, 3.63) is 58.6 Å². The molecule has 1 aliphatic rings. The molecule has 0 radical (unpaired) electrons. The van der Waals surface area contributed by atoms with Crippen LogP contribution in [-0.2, 0) is 9.63 Å². The Bertz CT molecular complexity index is 871. The molecular weight excluding hydrogens is 411 g/mol. The number of carbonyl (C=O) groups excluding carboxylic acids is 1. The Labute approximate surface area is 172 Å². The second-order valence-corrected chi connectivity index (χ2v) is 7.30. The molecule has 0 bridgehead atoms. The van der Waals surface area contributed by atoms with Gasteiger partial charge in [0.15, 0.2) is 10.9 Å². The van der Waals surface area contributed by atoms with Crippen molar-refractivity contribution in [2.45, 2.75) is 24.3 Å². The summed E-state index contributed by atoms with van der Waals surface area (Å²) in [4.78, 5) is 16.1. The lowest BCUT2D eigenvalue weighted by Gasteiger charge is -2.13. The molecule has 1 unspecified atom stereocenters. The minimum atomic E-state index is -1.14. The zero-order valence-corrected chi connectivity index (χ0v) is 16.7. The molecule has 1 amide bonds. The summed E-state index contributed by atoms with van der Waals surface area (Å²) in [5, 5.41) is 7.41. The number of alkyl halides is 2. The Morgan fingerprint density at radius 2 is 2.11 bits per heavy atom. The Morgan fingerprint density at radius 3 is 2.85 bits per heavy atom. The molecule has 2 aromatic carbocycles. The van der Waals surface area contributed by atoms with Gasteiger partial charge in [-0.05, 0) is 36.8 Å². The third-order valence-electron chi connectivity index (χ3n) is 3.96. The number of halogens is 3. The van der Waals surface area contributed by atoms with E-state index in [4.69, 9.17) is 44.4 Å². The van der Waals surface area contributed by atoms with Crippen molar-refractivity contribution in [1.82, 2.24) is 0 Å². The van der Waals surface area contributed by atoms with Crippen LogP contribution in [-0.4, -0.2) is 23.1 Å². The molecular formula is C19H17Cl3N2O3. The van der Waals surface area contributed by atoms with Gasteiger partial charge in [-0.1, -0.05) is 58.2 Å². The van der Waals surface area contributed by atoms with Crippen molar-refractivity contribution in [2.75, 3.05) is 11.9 Å². The van der Waals surface area contributed by atoms with Crippen molar-refractivity contribution in [2.24, 2.45) is 5.16 Å². The Morgan fingerprint density at radius 1 is 1.33 bits per heavy atom. The number of anilines is 1. The smallest absolute Gasteiger partial charge is 0.257 e. The second-order valence-electron chi connectivity index (χ2n) is 5.80. The number of ether oxygens (including phenoxy) is 1. The summed E-state index contributed by atoms with van der Waals surface area (Å²) in [5.74, 6) is 0.182. The van der Waals surface area contributed by atoms with Crippen LogP contribution < -0.4 is 10.1 Å². The number of hydrogen-bond donors (Lipinski definition) is 1. The van der Waals surface area contributed by atoms with Gasteiger partial charge in [0, 0.05) is 12.1 Å². The Kier molecular flexibility index (Phi) is 6.47. The first kappa shape index (κ1) is 19.8. The predicted molar refractivity (Wildman–Crippen MR) is 108 cm³/mol. The minimum absolute atomic E-state index is 0.301. The molecule has 1 aliphatic heterocycles. The van der Waals surface area contributed by atoms with Gasteiger partial charge in [0.2, 0.25) is 0 Å². The highest BCUT2D eigenvalue weighted by Crippen LogP contribution is 2.36. The Balaban J connectivity index is 1.78. The van der Waals surface area contributed by atoms with Crippen molar-refractivity contribution in [3.63, 3.8) is 0 Å². The lowest BCUT2D eigenvalue weighted by atomic mass is 9.99. The molecule has 2 aromatic rings. The SMILES string of the molecule is CCOc1cccc(Cl)c1C1=NOC(c2cccc(NC(=O)C(Cl)Cl)c2)C1. The van der Waals surface area contributed by atoms with Gasteiger partial charge in [-0.15, -0.1) is 0 Å². The molecule has 27 heavy (non-hydrogen) atoms. The molecule has 5 nitrogen and oxygen atoms in total. The maximum Gasteiger partial charge on any atom is 0.257 e. The van der Waals surface area contributed by atoms with Gasteiger partial charge in [0.25, 0.3) is 5.91 Å². The fraction of sp³-hybridized carbons (Fsp3) is 0.263. The lowest BCUT2D eigenvalue weighted by molar-refractivity contribution is -0.114. The summed E-state index contributed by atoms with van der Waals surface area (Å²) in [6.45, 7) is 2.43. The largest absolute Gasteiger partial charge is 0.493 e. The van der Waals surface area contributed by atoms with E-state index < -0.39 is 10.7 Å². The van der Waals surface area contributed by atoms with E-state index in [-0.39, 0.29) is 6.10 Å². The molecule has 142 valence electrons. The van der Waals surface area contributed by atoms with Crippen LogP contribution in [0.2, 0.25) is 5.02 Å². The standard InChI is InChI=1S/C19H17Cl3N2O3/c1-2-26-15-8-4-7-13(20)17(15)14-10-16(27-24-14)11-5-3-6-12(9-11)23-19(25)18(21)22/h3-9,16,18H,2,10H2,1H3,(H,23,25).